The van der Waals surface area contributed by atoms with Gasteiger partial charge in [0.15, 0.2) is 17.3 Å². The number of nitrogens with one attached hydrogen (secondary N) is 3. The summed E-state index contributed by atoms with van der Waals surface area (Å²) in [7, 11) is 4.44. The van der Waals surface area contributed by atoms with Gasteiger partial charge in [0.2, 0.25) is 5.75 Å². The van der Waals surface area contributed by atoms with E-state index >= 15 is 0 Å². The number of fused-ring (bicyclic) bond motifs is 1. The molecule has 1 atom stereocenters. The lowest BCUT2D eigenvalue weighted by Crippen LogP contribution is -2.43. The highest BCUT2D eigenvalue weighted by Crippen LogP contribution is 2.38. The van der Waals surface area contributed by atoms with Crippen LogP contribution >= 0.6 is 0 Å². The smallest absolute Gasteiger partial charge is 0.265 e. The van der Waals surface area contributed by atoms with E-state index in [9.17, 15) is 9.59 Å². The van der Waals surface area contributed by atoms with Gasteiger partial charge in [-0.25, -0.2) is 5.43 Å². The fraction of sp³-hybridized carbons (Fsp3) is 0.154. The van der Waals surface area contributed by atoms with Gasteiger partial charge in [0.25, 0.3) is 5.91 Å². The van der Waals surface area contributed by atoms with Crippen molar-refractivity contribution in [3.63, 3.8) is 0 Å². The fourth-order valence-corrected chi connectivity index (χ4v) is 3.80. The molecule has 8 nitrogen and oxygen atoms in total. The van der Waals surface area contributed by atoms with Crippen molar-refractivity contribution in [2.45, 2.75) is 6.04 Å². The zero-order chi connectivity index (χ0) is 24.1. The summed E-state index contributed by atoms with van der Waals surface area (Å²) in [4.78, 5) is 29.7. The van der Waals surface area contributed by atoms with Crippen LogP contribution in [0, 0.1) is 0 Å². The van der Waals surface area contributed by atoms with E-state index in [1.807, 2.05) is 54.6 Å². The summed E-state index contributed by atoms with van der Waals surface area (Å²) in [6.07, 6.45) is 1.69. The van der Waals surface area contributed by atoms with Crippen LogP contribution in [-0.2, 0) is 0 Å². The van der Waals surface area contributed by atoms with Gasteiger partial charge in [-0.05, 0) is 23.8 Å². The van der Waals surface area contributed by atoms with E-state index in [0.29, 0.717) is 28.4 Å². The second-order valence-corrected chi connectivity index (χ2v) is 7.47. The molecule has 0 saturated heterocycles. The van der Waals surface area contributed by atoms with E-state index in [2.05, 4.69) is 15.8 Å². The summed E-state index contributed by atoms with van der Waals surface area (Å²) < 4.78 is 16.0. The summed E-state index contributed by atoms with van der Waals surface area (Å²) in [5.74, 6) is 0.426. The number of hydrogen-bond donors (Lipinski definition) is 3. The zero-order valence-electron chi connectivity index (χ0n) is 19.0. The number of benzene rings is 3. The maximum Gasteiger partial charge on any atom is 0.265 e. The van der Waals surface area contributed by atoms with Gasteiger partial charge in [0.1, 0.15) is 6.04 Å². The minimum Gasteiger partial charge on any atom is -0.493 e. The maximum atomic E-state index is 13.6. The molecule has 0 aliphatic rings. The Bertz CT molecular complexity index is 1290. The van der Waals surface area contributed by atoms with E-state index in [4.69, 9.17) is 14.2 Å². The van der Waals surface area contributed by atoms with Crippen molar-refractivity contribution >= 4 is 22.6 Å². The first-order valence-electron chi connectivity index (χ1n) is 10.6. The van der Waals surface area contributed by atoms with Crippen molar-refractivity contribution in [2.75, 3.05) is 21.3 Å². The van der Waals surface area contributed by atoms with E-state index in [-0.39, 0.29) is 11.3 Å². The lowest BCUT2D eigenvalue weighted by molar-refractivity contribution is 0.0883. The van der Waals surface area contributed by atoms with E-state index in [1.54, 1.807) is 6.20 Å². The van der Waals surface area contributed by atoms with Crippen molar-refractivity contribution in [3.8, 4) is 17.2 Å². The molecule has 1 heterocycles. The van der Waals surface area contributed by atoms with Gasteiger partial charge in [0.05, 0.1) is 21.3 Å². The number of Topliss-reactive ketones (excluding diaryl/α,β-unsaturated/α-hetero) is 1. The first-order chi connectivity index (χ1) is 16.6. The molecule has 0 saturated carbocycles. The topological polar surface area (TPSA) is 102 Å². The van der Waals surface area contributed by atoms with E-state index < -0.39 is 11.9 Å². The standard InChI is InChI=1S/C26H25N3O5/c1-32-21-13-17(14-22(33-2)25(21)34-3)26(31)29-28-23(16-9-5-4-6-10-16)24(30)19-15-27-20-12-8-7-11-18(19)20/h4-15,23,27-28H,1-3H3,(H,29,31). The first kappa shape index (κ1) is 22.9. The largest absolute Gasteiger partial charge is 0.493 e. The second kappa shape index (κ2) is 10.1. The molecular weight excluding hydrogens is 434 g/mol. The number of carbonyl (C=O) groups is 2. The van der Waals surface area contributed by atoms with Crippen LogP contribution in [-0.4, -0.2) is 38.0 Å². The number of amides is 1. The van der Waals surface area contributed by atoms with Crippen LogP contribution in [0.25, 0.3) is 10.9 Å². The number of hydrazine groups is 1. The molecule has 0 spiro atoms. The third-order valence-corrected chi connectivity index (χ3v) is 5.51. The molecule has 4 rings (SSSR count). The van der Waals surface area contributed by atoms with Crippen LogP contribution in [0.2, 0.25) is 0 Å². The fourth-order valence-electron chi connectivity index (χ4n) is 3.80. The lowest BCUT2D eigenvalue weighted by atomic mass is 9.97. The second-order valence-electron chi connectivity index (χ2n) is 7.47. The monoisotopic (exact) mass is 459 g/mol. The first-order valence-corrected chi connectivity index (χ1v) is 10.6. The Morgan fingerprint density at radius 2 is 1.50 bits per heavy atom. The maximum absolute atomic E-state index is 13.6. The molecular formula is C26H25N3O5. The van der Waals surface area contributed by atoms with Gasteiger partial charge >= 0.3 is 0 Å². The van der Waals surface area contributed by atoms with Gasteiger partial charge in [-0.15, -0.1) is 0 Å². The summed E-state index contributed by atoms with van der Waals surface area (Å²) in [6.45, 7) is 0. The lowest BCUT2D eigenvalue weighted by Gasteiger charge is -2.19. The van der Waals surface area contributed by atoms with Gasteiger partial charge in [0, 0.05) is 28.2 Å². The summed E-state index contributed by atoms with van der Waals surface area (Å²) >= 11 is 0. The van der Waals surface area contributed by atoms with Crippen LogP contribution < -0.4 is 25.1 Å². The normalized spacial score (nSPS) is 11.6. The number of methoxy groups -OCH3 is 3. The minimum absolute atomic E-state index is 0.186. The van der Waals surface area contributed by atoms with Crippen LogP contribution in [0.5, 0.6) is 17.2 Å². The minimum atomic E-state index is -0.814. The Hall–Kier alpha value is -4.30. The molecule has 1 amide bonds. The molecule has 34 heavy (non-hydrogen) atoms. The number of aromatic nitrogens is 1. The molecule has 1 aromatic heterocycles. The molecule has 174 valence electrons. The molecule has 0 bridgehead atoms. The molecule has 3 N–H and O–H groups in total. The van der Waals surface area contributed by atoms with Gasteiger partial charge < -0.3 is 19.2 Å². The van der Waals surface area contributed by atoms with E-state index in [1.165, 1.54) is 33.5 Å². The van der Waals surface area contributed by atoms with Gasteiger partial charge in [-0.2, -0.15) is 0 Å². The Morgan fingerprint density at radius 1 is 0.853 bits per heavy atom. The van der Waals surface area contributed by atoms with Crippen molar-refractivity contribution in [2.24, 2.45) is 0 Å². The van der Waals surface area contributed by atoms with Crippen LogP contribution in [0.1, 0.15) is 32.3 Å². The average molecular weight is 460 g/mol. The molecule has 0 radical (unpaired) electrons. The highest BCUT2D eigenvalue weighted by molar-refractivity contribution is 6.10. The highest BCUT2D eigenvalue weighted by atomic mass is 16.5. The van der Waals surface area contributed by atoms with Crippen molar-refractivity contribution in [1.82, 2.24) is 15.8 Å². The van der Waals surface area contributed by atoms with Crippen molar-refractivity contribution < 1.29 is 23.8 Å². The zero-order valence-corrected chi connectivity index (χ0v) is 19.0. The summed E-state index contributed by atoms with van der Waals surface area (Å²) in [5, 5.41) is 0.811. The number of carbonyl (C=O) groups excluding carboxylic acids is 2. The number of ether oxygens (including phenoxy) is 3. The highest BCUT2D eigenvalue weighted by Gasteiger charge is 2.25. The number of H-pyrrole nitrogens is 1. The quantitative estimate of drug-likeness (QED) is 0.258. The molecule has 3 aromatic carbocycles. The third-order valence-electron chi connectivity index (χ3n) is 5.51. The van der Waals surface area contributed by atoms with E-state index in [0.717, 1.165) is 10.9 Å². The number of para-hydroxylation sites is 1. The molecule has 0 aliphatic carbocycles. The average Bonchev–Trinajstić information content (AvgIpc) is 3.32. The Morgan fingerprint density at radius 3 is 2.15 bits per heavy atom. The summed E-state index contributed by atoms with van der Waals surface area (Å²) in [6, 6.07) is 19.0. The van der Waals surface area contributed by atoms with Crippen LogP contribution in [0.4, 0.5) is 0 Å². The Labute approximate surface area is 196 Å². The molecule has 4 aromatic rings. The number of aromatic amines is 1. The number of ketones is 1. The molecule has 1 unspecified atom stereocenters. The Balaban J connectivity index is 1.62. The van der Waals surface area contributed by atoms with Crippen LogP contribution in [0.15, 0.2) is 72.9 Å². The predicted octanol–water partition coefficient (Wildman–Crippen LogP) is 4.05. The Kier molecular flexibility index (Phi) is 6.79. The molecule has 8 heteroatoms. The summed E-state index contributed by atoms with van der Waals surface area (Å²) in [5.41, 5.74) is 7.94. The molecule has 0 fully saturated rings. The van der Waals surface area contributed by atoms with Crippen molar-refractivity contribution in [1.29, 1.82) is 0 Å². The van der Waals surface area contributed by atoms with Gasteiger partial charge in [-0.3, -0.25) is 15.0 Å². The number of rotatable bonds is 9. The third kappa shape index (κ3) is 4.44. The van der Waals surface area contributed by atoms with Crippen molar-refractivity contribution in [3.05, 3.63) is 89.6 Å². The molecule has 0 aliphatic heterocycles. The predicted molar refractivity (Wildman–Crippen MR) is 129 cm³/mol. The SMILES string of the molecule is COc1cc(C(=O)NNC(C(=O)c2c[nH]c3ccccc23)c2ccccc2)cc(OC)c1OC. The van der Waals surface area contributed by atoms with Crippen LogP contribution in [0.3, 0.4) is 0 Å². The van der Waals surface area contributed by atoms with Gasteiger partial charge in [-0.1, -0.05) is 48.5 Å². The number of hydrogen-bond acceptors (Lipinski definition) is 6.